The van der Waals surface area contributed by atoms with Gasteiger partial charge in [0.1, 0.15) is 0 Å². The first kappa shape index (κ1) is 27.2. The van der Waals surface area contributed by atoms with E-state index >= 15 is 0 Å². The summed E-state index contributed by atoms with van der Waals surface area (Å²) in [7, 11) is 0. The molecule has 2 fully saturated rings. The molecule has 0 radical (unpaired) electrons. The van der Waals surface area contributed by atoms with Crippen LogP contribution in [-0.4, -0.2) is 41.1 Å². The van der Waals surface area contributed by atoms with Gasteiger partial charge in [0.05, 0.1) is 50.1 Å². The number of carbonyl (C=O) groups excluding carboxylic acids is 4. The second-order valence-corrected chi connectivity index (χ2v) is 10.1. The number of nitrogens with zero attached hydrogens (tertiary/aromatic N) is 1. The number of hydrogen-bond acceptors (Lipinski definition) is 5. The van der Waals surface area contributed by atoms with E-state index in [-0.39, 0.29) is 34.8 Å². The van der Waals surface area contributed by atoms with Crippen molar-refractivity contribution in [1.82, 2.24) is 0 Å². The summed E-state index contributed by atoms with van der Waals surface area (Å²) >= 11 is 18.2. The Kier molecular flexibility index (Phi) is 7.73. The first-order valence-corrected chi connectivity index (χ1v) is 12.2. The third-order valence-electron chi connectivity index (χ3n) is 6.15. The van der Waals surface area contributed by atoms with Gasteiger partial charge in [-0.3, -0.25) is 19.3 Å². The van der Waals surface area contributed by atoms with Gasteiger partial charge in [0.15, 0.2) is 6.61 Å². The predicted molar refractivity (Wildman–Crippen MR) is 130 cm³/mol. The summed E-state index contributed by atoms with van der Waals surface area (Å²) in [6.07, 6.45) is -4.13. The Morgan fingerprint density at radius 2 is 1.62 bits per heavy atom. The minimum Gasteiger partial charge on any atom is -0.452 e. The molecule has 1 saturated heterocycles. The highest BCUT2D eigenvalue weighted by molar-refractivity contribution is 6.33. The molecule has 4 atom stereocenters. The molecule has 1 N–H and O–H groups in total. The van der Waals surface area contributed by atoms with Crippen molar-refractivity contribution in [2.24, 2.45) is 11.8 Å². The third-order valence-corrected chi connectivity index (χ3v) is 7.58. The van der Waals surface area contributed by atoms with Crippen LogP contribution in [0.4, 0.5) is 24.5 Å². The Bertz CT molecular complexity index is 1240. The molecule has 3 amide bonds. The number of esters is 1. The smallest absolute Gasteiger partial charge is 0.416 e. The number of alkyl halides is 5. The number of ether oxygens (including phenoxy) is 1. The van der Waals surface area contributed by atoms with E-state index in [1.165, 1.54) is 24.3 Å². The van der Waals surface area contributed by atoms with Crippen LogP contribution < -0.4 is 10.2 Å². The van der Waals surface area contributed by atoms with E-state index in [0.717, 1.165) is 17.0 Å². The number of carbonyl (C=O) groups is 4. The van der Waals surface area contributed by atoms with Crippen molar-refractivity contribution in [3.05, 3.63) is 58.6 Å². The molecular weight excluding hydrogens is 560 g/mol. The highest BCUT2D eigenvalue weighted by atomic mass is 35.5. The predicted octanol–water partition coefficient (Wildman–Crippen LogP) is 5.27. The van der Waals surface area contributed by atoms with Crippen LogP contribution in [0.1, 0.15) is 28.8 Å². The molecule has 1 heterocycles. The van der Waals surface area contributed by atoms with E-state index in [1.54, 1.807) is 0 Å². The largest absolute Gasteiger partial charge is 0.452 e. The Labute approximate surface area is 223 Å². The van der Waals surface area contributed by atoms with Crippen LogP contribution in [0.3, 0.4) is 0 Å². The number of halogens is 6. The van der Waals surface area contributed by atoms with Crippen LogP contribution >= 0.6 is 34.8 Å². The van der Waals surface area contributed by atoms with Crippen LogP contribution in [0.15, 0.2) is 42.5 Å². The lowest BCUT2D eigenvalue weighted by Crippen LogP contribution is -2.34. The minimum absolute atomic E-state index is 0.0525. The van der Waals surface area contributed by atoms with Gasteiger partial charge >= 0.3 is 12.1 Å². The van der Waals surface area contributed by atoms with Crippen LogP contribution in [-0.2, 0) is 25.3 Å². The molecular formula is C24H18Cl3F3N2O5. The van der Waals surface area contributed by atoms with Gasteiger partial charge in [-0.15, -0.1) is 23.2 Å². The molecule has 1 aliphatic carbocycles. The lowest BCUT2D eigenvalue weighted by molar-refractivity contribution is -0.137. The van der Waals surface area contributed by atoms with Gasteiger partial charge in [0.25, 0.3) is 5.91 Å². The lowest BCUT2D eigenvalue weighted by Gasteiger charge is -2.28. The summed E-state index contributed by atoms with van der Waals surface area (Å²) < 4.78 is 43.7. The van der Waals surface area contributed by atoms with E-state index in [1.807, 2.05) is 0 Å². The zero-order chi connectivity index (χ0) is 27.1. The molecule has 0 unspecified atom stereocenters. The topological polar surface area (TPSA) is 92.8 Å². The first-order chi connectivity index (χ1) is 17.4. The molecule has 37 heavy (non-hydrogen) atoms. The molecule has 0 bridgehead atoms. The lowest BCUT2D eigenvalue weighted by atomic mass is 9.80. The zero-order valence-corrected chi connectivity index (χ0v) is 21.0. The second-order valence-electron chi connectivity index (χ2n) is 8.60. The van der Waals surface area contributed by atoms with Crippen molar-refractivity contribution in [3.8, 4) is 0 Å². The van der Waals surface area contributed by atoms with Crippen LogP contribution in [0, 0.1) is 11.8 Å². The number of hydrogen-bond donors (Lipinski definition) is 1. The van der Waals surface area contributed by atoms with Crippen molar-refractivity contribution >= 4 is 69.9 Å². The average molecular weight is 578 g/mol. The Balaban J connectivity index is 1.42. The van der Waals surface area contributed by atoms with Crippen molar-refractivity contribution in [2.45, 2.75) is 29.8 Å². The van der Waals surface area contributed by atoms with E-state index in [2.05, 4.69) is 5.32 Å². The molecule has 7 nitrogen and oxygen atoms in total. The Morgan fingerprint density at radius 3 is 2.22 bits per heavy atom. The summed E-state index contributed by atoms with van der Waals surface area (Å²) in [6.45, 7) is -0.824. The van der Waals surface area contributed by atoms with Crippen molar-refractivity contribution < 1.29 is 37.1 Å². The van der Waals surface area contributed by atoms with Gasteiger partial charge in [0.2, 0.25) is 11.8 Å². The number of nitrogens with one attached hydrogen (secondary N) is 1. The van der Waals surface area contributed by atoms with Crippen molar-refractivity contribution in [3.63, 3.8) is 0 Å². The number of amides is 3. The highest BCUT2D eigenvalue weighted by Crippen LogP contribution is 2.43. The van der Waals surface area contributed by atoms with Crippen molar-refractivity contribution in [1.29, 1.82) is 0 Å². The van der Waals surface area contributed by atoms with E-state index in [4.69, 9.17) is 39.5 Å². The number of imide groups is 1. The number of rotatable bonds is 5. The number of anilines is 2. The quantitative estimate of drug-likeness (QED) is 0.297. The zero-order valence-electron chi connectivity index (χ0n) is 18.7. The van der Waals surface area contributed by atoms with Gasteiger partial charge in [-0.2, -0.15) is 13.2 Å². The number of benzene rings is 2. The summed E-state index contributed by atoms with van der Waals surface area (Å²) in [5.74, 6) is -3.96. The van der Waals surface area contributed by atoms with Crippen LogP contribution in [0.2, 0.25) is 5.02 Å². The highest BCUT2D eigenvalue weighted by Gasteiger charge is 2.52. The van der Waals surface area contributed by atoms with Gasteiger partial charge in [0, 0.05) is 0 Å². The molecule has 1 saturated carbocycles. The summed E-state index contributed by atoms with van der Waals surface area (Å²) in [6, 6.07) is 7.94. The molecule has 2 aromatic carbocycles. The molecule has 196 valence electrons. The standard InChI is InChI=1S/C24H18Cl3F3N2O5/c25-16-5-4-12(24(28,29)30)7-19(16)31-20(33)10-37-23(36)11-2-1-3-13(6-11)32-21(34)14-8-17(26)18(27)9-15(14)22(32)35/h1-7,14-15,17-18H,8-10H2,(H,31,33)/t14-,15-,17+,18+/m1/s1. The molecule has 2 aromatic rings. The average Bonchev–Trinajstić information content (AvgIpc) is 3.07. The fourth-order valence-electron chi connectivity index (χ4n) is 4.32. The fourth-order valence-corrected chi connectivity index (χ4v) is 5.07. The van der Waals surface area contributed by atoms with Gasteiger partial charge in [-0.05, 0) is 49.2 Å². The fraction of sp³-hybridized carbons (Fsp3) is 0.333. The summed E-state index contributed by atoms with van der Waals surface area (Å²) in [5, 5.41) is 1.14. The molecule has 0 spiro atoms. The van der Waals surface area contributed by atoms with E-state index in [9.17, 15) is 32.3 Å². The Morgan fingerprint density at radius 1 is 1.00 bits per heavy atom. The molecule has 0 aromatic heterocycles. The first-order valence-electron chi connectivity index (χ1n) is 11.0. The van der Waals surface area contributed by atoms with Crippen molar-refractivity contribution in [2.75, 3.05) is 16.8 Å². The molecule has 2 aliphatic rings. The SMILES string of the molecule is O=C(COC(=O)c1cccc(N2C(=O)[C@@H]3C[C@H](Cl)[C@@H](Cl)C[C@H]3C2=O)c1)Nc1cc(C(F)(F)F)ccc1Cl. The van der Waals surface area contributed by atoms with Gasteiger partial charge in [-0.25, -0.2) is 4.79 Å². The Hall–Kier alpha value is -2.82. The third kappa shape index (κ3) is 5.71. The monoisotopic (exact) mass is 576 g/mol. The maximum atomic E-state index is 12.9. The second kappa shape index (κ2) is 10.5. The normalized spacial score (nSPS) is 23.6. The summed E-state index contributed by atoms with van der Waals surface area (Å²) in [4.78, 5) is 51.6. The summed E-state index contributed by atoms with van der Waals surface area (Å²) in [5.41, 5.74) is -1.22. The molecule has 13 heteroatoms. The van der Waals surface area contributed by atoms with Gasteiger partial charge < -0.3 is 10.1 Å². The van der Waals surface area contributed by atoms with E-state index in [0.29, 0.717) is 6.07 Å². The number of fused-ring (bicyclic) bond motifs is 1. The molecule has 1 aliphatic heterocycles. The minimum atomic E-state index is -4.64. The van der Waals surface area contributed by atoms with E-state index < -0.39 is 64.6 Å². The van der Waals surface area contributed by atoms with Crippen LogP contribution in [0.25, 0.3) is 0 Å². The van der Waals surface area contributed by atoms with Gasteiger partial charge in [-0.1, -0.05) is 17.7 Å². The maximum Gasteiger partial charge on any atom is 0.416 e. The van der Waals surface area contributed by atoms with Crippen LogP contribution in [0.5, 0.6) is 0 Å². The maximum absolute atomic E-state index is 12.9. The molecule has 4 rings (SSSR count).